The van der Waals surface area contributed by atoms with Gasteiger partial charge in [-0.15, -0.1) is 0 Å². The van der Waals surface area contributed by atoms with Gasteiger partial charge in [-0.05, 0) is 48.9 Å². The van der Waals surface area contributed by atoms with Gasteiger partial charge in [-0.3, -0.25) is 0 Å². The molecule has 2 aromatic rings. The van der Waals surface area contributed by atoms with Crippen molar-refractivity contribution in [2.45, 2.75) is 6.92 Å². The van der Waals surface area contributed by atoms with E-state index in [1.54, 1.807) is 37.3 Å². The smallest absolute Gasteiger partial charge is 0.126 e. The third-order valence-corrected chi connectivity index (χ3v) is 2.85. The SMILES string of the molecule is Cc1cc(Nc2ccc(C#N)cc2Cl)ccc1F. The van der Waals surface area contributed by atoms with Crippen LogP contribution >= 0.6 is 11.6 Å². The Morgan fingerprint density at radius 1 is 1.22 bits per heavy atom. The van der Waals surface area contributed by atoms with Gasteiger partial charge in [0, 0.05) is 5.69 Å². The summed E-state index contributed by atoms with van der Waals surface area (Å²) in [6, 6.07) is 11.7. The van der Waals surface area contributed by atoms with Crippen LogP contribution < -0.4 is 5.32 Å². The Morgan fingerprint density at radius 2 is 2.00 bits per heavy atom. The van der Waals surface area contributed by atoms with Crippen LogP contribution in [0.25, 0.3) is 0 Å². The fourth-order valence-corrected chi connectivity index (χ4v) is 1.79. The Bertz CT molecular complexity index is 632. The zero-order valence-corrected chi connectivity index (χ0v) is 10.4. The molecular formula is C14H10ClFN2. The van der Waals surface area contributed by atoms with Crippen LogP contribution in [0.2, 0.25) is 5.02 Å². The molecule has 4 heteroatoms. The molecule has 0 aliphatic rings. The Labute approximate surface area is 110 Å². The van der Waals surface area contributed by atoms with Crippen LogP contribution in [0.1, 0.15) is 11.1 Å². The molecule has 18 heavy (non-hydrogen) atoms. The van der Waals surface area contributed by atoms with Crippen LogP contribution in [0.15, 0.2) is 36.4 Å². The maximum atomic E-state index is 13.1. The van der Waals surface area contributed by atoms with E-state index < -0.39 is 0 Å². The molecule has 0 radical (unpaired) electrons. The minimum atomic E-state index is -0.244. The molecule has 0 aliphatic carbocycles. The van der Waals surface area contributed by atoms with Crippen molar-refractivity contribution in [1.29, 1.82) is 5.26 Å². The summed E-state index contributed by atoms with van der Waals surface area (Å²) in [6.07, 6.45) is 0. The molecule has 2 aromatic carbocycles. The normalized spacial score (nSPS) is 9.89. The molecule has 2 nitrogen and oxygen atoms in total. The van der Waals surface area contributed by atoms with Crippen molar-refractivity contribution < 1.29 is 4.39 Å². The lowest BCUT2D eigenvalue weighted by Crippen LogP contribution is -1.93. The van der Waals surface area contributed by atoms with E-state index in [9.17, 15) is 4.39 Å². The van der Waals surface area contributed by atoms with Gasteiger partial charge in [-0.1, -0.05) is 11.6 Å². The fraction of sp³-hybridized carbons (Fsp3) is 0.0714. The summed E-state index contributed by atoms with van der Waals surface area (Å²) >= 11 is 6.04. The molecule has 0 unspecified atom stereocenters. The minimum absolute atomic E-state index is 0.244. The molecule has 1 N–H and O–H groups in total. The van der Waals surface area contributed by atoms with E-state index in [0.717, 1.165) is 5.69 Å². The quantitative estimate of drug-likeness (QED) is 0.869. The van der Waals surface area contributed by atoms with Gasteiger partial charge < -0.3 is 5.32 Å². The van der Waals surface area contributed by atoms with E-state index in [4.69, 9.17) is 16.9 Å². The van der Waals surface area contributed by atoms with E-state index in [2.05, 4.69) is 5.32 Å². The van der Waals surface area contributed by atoms with Crippen molar-refractivity contribution in [2.24, 2.45) is 0 Å². The number of benzene rings is 2. The van der Waals surface area contributed by atoms with E-state index in [-0.39, 0.29) is 5.82 Å². The first-order valence-electron chi connectivity index (χ1n) is 5.33. The van der Waals surface area contributed by atoms with Crippen molar-refractivity contribution in [1.82, 2.24) is 0 Å². The van der Waals surface area contributed by atoms with Crippen molar-refractivity contribution >= 4 is 23.0 Å². The topological polar surface area (TPSA) is 35.8 Å². The monoisotopic (exact) mass is 260 g/mol. The van der Waals surface area contributed by atoms with Gasteiger partial charge in [-0.25, -0.2) is 4.39 Å². The Kier molecular flexibility index (Phi) is 3.50. The molecule has 0 saturated heterocycles. The number of aryl methyl sites for hydroxylation is 1. The van der Waals surface area contributed by atoms with Crippen LogP contribution in [-0.4, -0.2) is 0 Å². The molecule has 90 valence electrons. The van der Waals surface area contributed by atoms with Crippen molar-refractivity contribution in [2.75, 3.05) is 5.32 Å². The largest absolute Gasteiger partial charge is 0.354 e. The predicted molar refractivity (Wildman–Crippen MR) is 70.6 cm³/mol. The minimum Gasteiger partial charge on any atom is -0.354 e. The highest BCUT2D eigenvalue weighted by Gasteiger charge is 2.04. The van der Waals surface area contributed by atoms with E-state index in [1.165, 1.54) is 6.07 Å². The van der Waals surface area contributed by atoms with Crippen LogP contribution in [-0.2, 0) is 0 Å². The van der Waals surface area contributed by atoms with Crippen molar-refractivity contribution in [3.8, 4) is 6.07 Å². The first-order chi connectivity index (χ1) is 8.60. The van der Waals surface area contributed by atoms with E-state index >= 15 is 0 Å². The van der Waals surface area contributed by atoms with Gasteiger partial charge in [0.15, 0.2) is 0 Å². The lowest BCUT2D eigenvalue weighted by molar-refractivity contribution is 0.619. The molecule has 0 spiro atoms. The lowest BCUT2D eigenvalue weighted by Gasteiger charge is -2.09. The second-order valence-electron chi connectivity index (χ2n) is 3.90. The number of rotatable bonds is 2. The Hall–Kier alpha value is -2.05. The number of halogens is 2. The summed E-state index contributed by atoms with van der Waals surface area (Å²) in [5.74, 6) is -0.244. The first-order valence-corrected chi connectivity index (χ1v) is 5.71. The van der Waals surface area contributed by atoms with Crippen LogP contribution in [0.3, 0.4) is 0 Å². The first kappa shape index (κ1) is 12.4. The molecular weight excluding hydrogens is 251 g/mol. The molecule has 0 fully saturated rings. The van der Waals surface area contributed by atoms with E-state index in [1.807, 2.05) is 6.07 Å². The third-order valence-electron chi connectivity index (χ3n) is 2.54. The van der Waals surface area contributed by atoms with Gasteiger partial charge in [0.25, 0.3) is 0 Å². The Morgan fingerprint density at radius 3 is 2.61 bits per heavy atom. The molecule has 0 bridgehead atoms. The predicted octanol–water partition coefficient (Wildman–Crippen LogP) is 4.40. The highest BCUT2D eigenvalue weighted by Crippen LogP contribution is 2.27. The zero-order valence-electron chi connectivity index (χ0n) is 9.67. The number of nitrogens with zero attached hydrogens (tertiary/aromatic N) is 1. The molecule has 0 amide bonds. The zero-order chi connectivity index (χ0) is 13.1. The second-order valence-corrected chi connectivity index (χ2v) is 4.30. The lowest BCUT2D eigenvalue weighted by atomic mass is 10.2. The van der Waals surface area contributed by atoms with Gasteiger partial charge in [0.05, 0.1) is 22.3 Å². The van der Waals surface area contributed by atoms with Crippen LogP contribution in [0.5, 0.6) is 0 Å². The number of nitrogens with one attached hydrogen (secondary N) is 1. The van der Waals surface area contributed by atoms with Gasteiger partial charge in [0.1, 0.15) is 5.82 Å². The summed E-state index contributed by atoms with van der Waals surface area (Å²) in [5, 5.41) is 12.3. The molecule has 2 rings (SSSR count). The summed E-state index contributed by atoms with van der Waals surface area (Å²) in [4.78, 5) is 0. The molecule has 0 saturated carbocycles. The maximum absolute atomic E-state index is 13.1. The number of nitriles is 1. The number of hydrogen-bond acceptors (Lipinski definition) is 2. The van der Waals surface area contributed by atoms with Gasteiger partial charge in [0.2, 0.25) is 0 Å². The number of hydrogen-bond donors (Lipinski definition) is 1. The highest BCUT2D eigenvalue weighted by molar-refractivity contribution is 6.33. The van der Waals surface area contributed by atoms with E-state index in [0.29, 0.717) is 21.8 Å². The maximum Gasteiger partial charge on any atom is 0.126 e. The average Bonchev–Trinajstić information content (AvgIpc) is 2.36. The summed E-state index contributed by atoms with van der Waals surface area (Å²) < 4.78 is 13.1. The molecule has 0 aromatic heterocycles. The molecule has 0 aliphatic heterocycles. The summed E-state index contributed by atoms with van der Waals surface area (Å²) in [6.45, 7) is 1.70. The van der Waals surface area contributed by atoms with Crippen molar-refractivity contribution in [3.05, 3.63) is 58.4 Å². The number of anilines is 2. The fourth-order valence-electron chi connectivity index (χ4n) is 1.56. The van der Waals surface area contributed by atoms with Crippen molar-refractivity contribution in [3.63, 3.8) is 0 Å². The summed E-state index contributed by atoms with van der Waals surface area (Å²) in [5.41, 5.74) is 2.49. The summed E-state index contributed by atoms with van der Waals surface area (Å²) in [7, 11) is 0. The van der Waals surface area contributed by atoms with Crippen LogP contribution in [0, 0.1) is 24.1 Å². The van der Waals surface area contributed by atoms with Gasteiger partial charge >= 0.3 is 0 Å². The highest BCUT2D eigenvalue weighted by atomic mass is 35.5. The second kappa shape index (κ2) is 5.07. The Balaban J connectivity index is 2.29. The third kappa shape index (κ3) is 2.61. The van der Waals surface area contributed by atoms with Crippen LogP contribution in [0.4, 0.5) is 15.8 Å². The van der Waals surface area contributed by atoms with Gasteiger partial charge in [-0.2, -0.15) is 5.26 Å². The molecule has 0 atom stereocenters. The standard InChI is InChI=1S/C14H10ClFN2/c1-9-6-11(3-4-13(9)16)18-14-5-2-10(8-17)7-12(14)15/h2-7,18H,1H3. The molecule has 0 heterocycles. The average molecular weight is 261 g/mol.